The Balaban J connectivity index is 1.58. The van der Waals surface area contributed by atoms with Crippen molar-refractivity contribution >= 4 is 33.6 Å². The van der Waals surface area contributed by atoms with Gasteiger partial charge in [-0.3, -0.25) is 14.9 Å². The zero-order valence-corrected chi connectivity index (χ0v) is 15.6. The van der Waals surface area contributed by atoms with E-state index in [2.05, 4.69) is 14.9 Å². The normalized spacial score (nSPS) is 23.8. The summed E-state index contributed by atoms with van der Waals surface area (Å²) in [6, 6.07) is 13.6. The molecule has 6 heteroatoms. The van der Waals surface area contributed by atoms with Gasteiger partial charge in [-0.2, -0.15) is 0 Å². The minimum Gasteiger partial charge on any atom is -0.388 e. The molecular formula is C23H19N3O3. The summed E-state index contributed by atoms with van der Waals surface area (Å²) in [5.41, 5.74) is 4.47. The highest BCUT2D eigenvalue weighted by atomic mass is 16.3. The highest BCUT2D eigenvalue weighted by Crippen LogP contribution is 2.45. The second-order valence-electron chi connectivity index (χ2n) is 7.92. The Kier molecular flexibility index (Phi) is 3.32. The highest BCUT2D eigenvalue weighted by molar-refractivity contribution is 6.13. The number of fused-ring (bicyclic) bond motifs is 1. The maximum absolute atomic E-state index is 12.9. The van der Waals surface area contributed by atoms with Gasteiger partial charge >= 0.3 is 0 Å². The number of para-hydroxylation sites is 2. The maximum atomic E-state index is 12.9. The molecule has 2 aliphatic rings. The van der Waals surface area contributed by atoms with E-state index >= 15 is 0 Å². The molecule has 1 saturated heterocycles. The largest absolute Gasteiger partial charge is 0.388 e. The van der Waals surface area contributed by atoms with Crippen molar-refractivity contribution in [1.82, 2.24) is 14.9 Å². The fraction of sp³-hybridized carbons (Fsp3) is 0.217. The van der Waals surface area contributed by atoms with Crippen molar-refractivity contribution in [3.8, 4) is 0 Å². The smallest absolute Gasteiger partial charge is 0.235 e. The third-order valence-corrected chi connectivity index (χ3v) is 6.40. The van der Waals surface area contributed by atoms with Gasteiger partial charge in [0, 0.05) is 40.8 Å². The molecule has 2 aromatic carbocycles. The Morgan fingerprint density at radius 2 is 1.66 bits per heavy atom. The van der Waals surface area contributed by atoms with Crippen molar-refractivity contribution in [2.24, 2.45) is 0 Å². The maximum Gasteiger partial charge on any atom is 0.235 e. The molecule has 2 amide bonds. The molecule has 4 heterocycles. The van der Waals surface area contributed by atoms with Gasteiger partial charge in [0.25, 0.3) is 0 Å². The number of carbonyl (C=O) groups excluding carboxylic acids is 2. The van der Waals surface area contributed by atoms with Crippen LogP contribution in [0.3, 0.4) is 0 Å². The molecule has 3 N–H and O–H groups in total. The Bertz CT molecular complexity index is 1320. The summed E-state index contributed by atoms with van der Waals surface area (Å²) in [5, 5.41) is 14.8. The first-order valence-corrected chi connectivity index (χ1v) is 9.84. The van der Waals surface area contributed by atoms with Crippen molar-refractivity contribution in [3.63, 3.8) is 0 Å². The summed E-state index contributed by atoms with van der Waals surface area (Å²) in [6.07, 6.45) is 3.97. The molecule has 0 saturated carbocycles. The average Bonchev–Trinajstić information content (AvgIpc) is 3.38. The number of nitrogens with one attached hydrogen (secondary N) is 2. The van der Waals surface area contributed by atoms with E-state index < -0.39 is 17.9 Å². The van der Waals surface area contributed by atoms with Gasteiger partial charge in [0.05, 0.1) is 23.5 Å². The van der Waals surface area contributed by atoms with Crippen LogP contribution in [0.5, 0.6) is 0 Å². The second-order valence-corrected chi connectivity index (χ2v) is 7.92. The van der Waals surface area contributed by atoms with Crippen LogP contribution in [-0.4, -0.2) is 26.5 Å². The highest BCUT2D eigenvalue weighted by Gasteiger charge is 2.46. The molecular weight excluding hydrogens is 366 g/mol. The third-order valence-electron chi connectivity index (χ3n) is 6.40. The first-order chi connectivity index (χ1) is 14.1. The van der Waals surface area contributed by atoms with Gasteiger partial charge < -0.3 is 14.7 Å². The van der Waals surface area contributed by atoms with Crippen molar-refractivity contribution < 1.29 is 14.7 Å². The zero-order chi connectivity index (χ0) is 19.7. The molecule has 6 nitrogen and oxygen atoms in total. The molecule has 0 spiro atoms. The molecule has 3 atom stereocenters. The lowest BCUT2D eigenvalue weighted by molar-refractivity contribution is -0.125. The van der Waals surface area contributed by atoms with Crippen molar-refractivity contribution in [1.29, 1.82) is 0 Å². The van der Waals surface area contributed by atoms with Crippen LogP contribution >= 0.6 is 0 Å². The van der Waals surface area contributed by atoms with Crippen molar-refractivity contribution in [2.75, 3.05) is 0 Å². The number of benzene rings is 2. The number of imide groups is 1. The number of aromatic amines is 1. The van der Waals surface area contributed by atoms with Crippen LogP contribution in [-0.2, 0) is 16.1 Å². The molecule has 4 aromatic rings. The molecule has 0 radical (unpaired) electrons. The van der Waals surface area contributed by atoms with E-state index in [9.17, 15) is 14.7 Å². The summed E-state index contributed by atoms with van der Waals surface area (Å²) in [7, 11) is 0. The third kappa shape index (κ3) is 2.20. The first kappa shape index (κ1) is 16.6. The Labute approximate surface area is 166 Å². The Morgan fingerprint density at radius 3 is 2.52 bits per heavy atom. The van der Waals surface area contributed by atoms with E-state index in [4.69, 9.17) is 0 Å². The number of hydrogen-bond donors (Lipinski definition) is 3. The zero-order valence-electron chi connectivity index (χ0n) is 15.6. The van der Waals surface area contributed by atoms with E-state index in [0.29, 0.717) is 13.0 Å². The monoisotopic (exact) mass is 385 g/mol. The number of amides is 2. The molecule has 144 valence electrons. The lowest BCUT2D eigenvalue weighted by atomic mass is 9.82. The van der Waals surface area contributed by atoms with Gasteiger partial charge in [0.1, 0.15) is 0 Å². The lowest BCUT2D eigenvalue weighted by Crippen LogP contribution is -2.21. The topological polar surface area (TPSA) is 87.1 Å². The first-order valence-electron chi connectivity index (χ1n) is 9.84. The fourth-order valence-corrected chi connectivity index (χ4v) is 5.10. The van der Waals surface area contributed by atoms with Crippen LogP contribution in [0.15, 0.2) is 54.9 Å². The summed E-state index contributed by atoms with van der Waals surface area (Å²) in [5.74, 6) is -1.73. The van der Waals surface area contributed by atoms with Crippen molar-refractivity contribution in [2.45, 2.75) is 30.9 Å². The predicted octanol–water partition coefficient (Wildman–Crippen LogP) is 3.08. The SMILES string of the molecule is O=C1NC(=O)C(c2cn3c4c(cccc24)[C@@H](O)CC3)C1c1c[nH]c2ccccc12. The van der Waals surface area contributed by atoms with E-state index in [1.807, 2.05) is 54.9 Å². The minimum absolute atomic E-state index is 0.267. The number of aryl methyl sites for hydroxylation is 1. The van der Waals surface area contributed by atoms with Crippen LogP contribution < -0.4 is 5.32 Å². The molecule has 2 aromatic heterocycles. The molecule has 0 bridgehead atoms. The number of H-pyrrole nitrogens is 1. The van der Waals surface area contributed by atoms with Crippen LogP contribution in [0.1, 0.15) is 41.1 Å². The number of aliphatic hydroxyl groups excluding tert-OH is 1. The fourth-order valence-electron chi connectivity index (χ4n) is 5.10. The second kappa shape index (κ2) is 5.81. The standard InChI is InChI=1S/C23H19N3O3/c27-18-8-9-26-11-16(13-5-3-6-14(18)21(13)26)20-19(22(28)25-23(20)29)15-10-24-17-7-2-1-4-12(15)17/h1-7,10-11,18-20,24,27H,8-9H2,(H,25,28,29)/t18-,19?,20?/m0/s1. The number of nitrogens with zero attached hydrogens (tertiary/aromatic N) is 1. The van der Waals surface area contributed by atoms with Gasteiger partial charge in [0.15, 0.2) is 0 Å². The van der Waals surface area contributed by atoms with Gasteiger partial charge in [-0.05, 0) is 23.6 Å². The van der Waals surface area contributed by atoms with E-state index in [1.165, 1.54) is 0 Å². The number of aromatic nitrogens is 2. The number of rotatable bonds is 2. The Hall–Kier alpha value is -3.38. The summed E-state index contributed by atoms with van der Waals surface area (Å²) in [4.78, 5) is 29.0. The molecule has 2 aliphatic heterocycles. The van der Waals surface area contributed by atoms with Gasteiger partial charge in [-0.25, -0.2) is 0 Å². The summed E-state index contributed by atoms with van der Waals surface area (Å²) < 4.78 is 2.11. The van der Waals surface area contributed by atoms with E-state index in [-0.39, 0.29) is 11.8 Å². The number of carbonyl (C=O) groups is 2. The predicted molar refractivity (Wildman–Crippen MR) is 108 cm³/mol. The summed E-state index contributed by atoms with van der Waals surface area (Å²) >= 11 is 0. The number of hydrogen-bond acceptors (Lipinski definition) is 3. The van der Waals surface area contributed by atoms with E-state index in [1.54, 1.807) is 0 Å². The molecule has 2 unspecified atom stereocenters. The molecule has 29 heavy (non-hydrogen) atoms. The molecule has 1 fully saturated rings. The van der Waals surface area contributed by atoms with Crippen LogP contribution in [0.4, 0.5) is 0 Å². The minimum atomic E-state index is -0.601. The van der Waals surface area contributed by atoms with Crippen LogP contribution in [0.25, 0.3) is 21.8 Å². The quantitative estimate of drug-likeness (QED) is 0.464. The summed E-state index contributed by atoms with van der Waals surface area (Å²) in [6.45, 7) is 0.689. The lowest BCUT2D eigenvalue weighted by Gasteiger charge is -2.20. The molecule has 0 aliphatic carbocycles. The average molecular weight is 385 g/mol. The van der Waals surface area contributed by atoms with Gasteiger partial charge in [0.2, 0.25) is 11.8 Å². The van der Waals surface area contributed by atoms with Crippen LogP contribution in [0, 0.1) is 0 Å². The van der Waals surface area contributed by atoms with Crippen LogP contribution in [0.2, 0.25) is 0 Å². The Morgan fingerprint density at radius 1 is 0.897 bits per heavy atom. The van der Waals surface area contributed by atoms with Crippen molar-refractivity contribution in [3.05, 3.63) is 71.5 Å². The number of aliphatic hydroxyl groups is 1. The molecule has 6 rings (SSSR count). The van der Waals surface area contributed by atoms with E-state index in [0.717, 1.165) is 38.5 Å². The van der Waals surface area contributed by atoms with Gasteiger partial charge in [-0.1, -0.05) is 36.4 Å². The van der Waals surface area contributed by atoms with Gasteiger partial charge in [-0.15, -0.1) is 0 Å².